The summed E-state index contributed by atoms with van der Waals surface area (Å²) in [4.78, 5) is 15.5. The van der Waals surface area contributed by atoms with Gasteiger partial charge in [0.05, 0.1) is 24.9 Å². The second kappa shape index (κ2) is 4.86. The van der Waals surface area contributed by atoms with E-state index in [1.54, 1.807) is 35.9 Å². The molecule has 5 nitrogen and oxygen atoms in total. The maximum atomic E-state index is 11.2. The molecule has 2 heterocycles. The van der Waals surface area contributed by atoms with Crippen LogP contribution in [0.15, 0.2) is 24.5 Å². The van der Waals surface area contributed by atoms with E-state index in [9.17, 15) is 9.90 Å². The summed E-state index contributed by atoms with van der Waals surface area (Å²) < 4.78 is 6.58. The molecule has 2 aromatic rings. The Morgan fingerprint density at radius 2 is 2.29 bits per heavy atom. The number of ether oxygens (including phenoxy) is 1. The van der Waals surface area contributed by atoms with Crippen molar-refractivity contribution in [3.63, 3.8) is 0 Å². The summed E-state index contributed by atoms with van der Waals surface area (Å²) in [6, 6.07) is 3.31. The molecule has 1 N–H and O–H groups in total. The molecule has 0 spiro atoms. The zero-order chi connectivity index (χ0) is 12.3. The summed E-state index contributed by atoms with van der Waals surface area (Å²) in [5, 5.41) is 9.30. The Bertz CT molecular complexity index is 534. The third-order valence-electron chi connectivity index (χ3n) is 2.38. The highest BCUT2D eigenvalue weighted by atomic mass is 16.5. The monoisotopic (exact) mass is 234 g/mol. The zero-order valence-electron chi connectivity index (χ0n) is 9.59. The molecule has 17 heavy (non-hydrogen) atoms. The Morgan fingerprint density at radius 3 is 3.06 bits per heavy atom. The van der Waals surface area contributed by atoms with Crippen LogP contribution < -0.4 is 0 Å². The average Bonchev–Trinajstić information content (AvgIpc) is 2.68. The molecule has 0 aliphatic rings. The smallest absolute Gasteiger partial charge is 0.306 e. The number of pyridine rings is 1. The molecule has 0 radical (unpaired) electrons. The van der Waals surface area contributed by atoms with Gasteiger partial charge in [-0.2, -0.15) is 0 Å². The van der Waals surface area contributed by atoms with Gasteiger partial charge in [-0.25, -0.2) is 4.98 Å². The third-order valence-corrected chi connectivity index (χ3v) is 2.38. The Balaban J connectivity index is 2.07. The number of carbonyl (C=O) groups excluding carboxylic acids is 1. The molecular formula is C12H14N2O3. The fourth-order valence-electron chi connectivity index (χ4n) is 1.62. The lowest BCUT2D eigenvalue weighted by atomic mass is 10.2. The van der Waals surface area contributed by atoms with Gasteiger partial charge in [-0.1, -0.05) is 0 Å². The van der Waals surface area contributed by atoms with Crippen LogP contribution in [0.2, 0.25) is 0 Å². The highest BCUT2D eigenvalue weighted by molar-refractivity contribution is 5.69. The number of rotatable bonds is 4. The lowest BCUT2D eigenvalue weighted by molar-refractivity contribution is -0.143. The molecule has 5 heteroatoms. The van der Waals surface area contributed by atoms with E-state index in [4.69, 9.17) is 4.74 Å². The largest absolute Gasteiger partial charge is 0.506 e. The van der Waals surface area contributed by atoms with Crippen molar-refractivity contribution in [3.8, 4) is 5.75 Å². The maximum absolute atomic E-state index is 11.2. The summed E-state index contributed by atoms with van der Waals surface area (Å²) in [6.45, 7) is 2.18. The SMILES string of the molecule is CCOC(=O)CCc1cn2cc(O)ccc2n1. The molecule has 90 valence electrons. The van der Waals surface area contributed by atoms with Crippen LogP contribution in [-0.4, -0.2) is 27.1 Å². The standard InChI is InChI=1S/C12H14N2O3/c1-2-17-12(16)6-3-9-7-14-8-10(15)4-5-11(14)13-9/h4-5,7-8,15H,2-3,6H2,1H3. The van der Waals surface area contributed by atoms with Crippen molar-refractivity contribution in [3.05, 3.63) is 30.2 Å². The van der Waals surface area contributed by atoms with Gasteiger partial charge in [0.1, 0.15) is 11.4 Å². The zero-order valence-corrected chi connectivity index (χ0v) is 9.59. The van der Waals surface area contributed by atoms with Crippen molar-refractivity contribution in [2.24, 2.45) is 0 Å². The molecule has 0 atom stereocenters. The number of fused-ring (bicyclic) bond motifs is 1. The highest BCUT2D eigenvalue weighted by Crippen LogP contribution is 2.12. The summed E-state index contributed by atoms with van der Waals surface area (Å²) in [5.74, 6) is -0.0285. The fourth-order valence-corrected chi connectivity index (χ4v) is 1.62. The Hall–Kier alpha value is -2.04. The van der Waals surface area contributed by atoms with Gasteiger partial charge in [0.15, 0.2) is 0 Å². The van der Waals surface area contributed by atoms with Crippen LogP contribution in [0.25, 0.3) is 5.65 Å². The first-order chi connectivity index (χ1) is 8.19. The maximum Gasteiger partial charge on any atom is 0.306 e. The first-order valence-electron chi connectivity index (χ1n) is 5.51. The van der Waals surface area contributed by atoms with E-state index in [0.717, 1.165) is 11.3 Å². The van der Waals surface area contributed by atoms with E-state index >= 15 is 0 Å². The molecule has 0 aromatic carbocycles. The van der Waals surface area contributed by atoms with Crippen molar-refractivity contribution in [2.45, 2.75) is 19.8 Å². The molecule has 2 aromatic heterocycles. The number of imidazole rings is 1. The Kier molecular flexibility index (Phi) is 3.27. The minimum atomic E-state index is -0.215. The molecule has 2 rings (SSSR count). The molecule has 0 aliphatic carbocycles. The minimum absolute atomic E-state index is 0.187. The van der Waals surface area contributed by atoms with E-state index in [0.29, 0.717) is 19.4 Å². The van der Waals surface area contributed by atoms with Gasteiger partial charge in [-0.05, 0) is 19.1 Å². The fraction of sp³-hybridized carbons (Fsp3) is 0.333. The number of aryl methyl sites for hydroxylation is 1. The number of aromatic hydroxyl groups is 1. The quantitative estimate of drug-likeness (QED) is 0.815. The predicted molar refractivity (Wildman–Crippen MR) is 61.8 cm³/mol. The van der Waals surface area contributed by atoms with Crippen molar-refractivity contribution < 1.29 is 14.6 Å². The van der Waals surface area contributed by atoms with Crippen LogP contribution in [0.4, 0.5) is 0 Å². The van der Waals surface area contributed by atoms with Gasteiger partial charge >= 0.3 is 5.97 Å². The number of hydrogen-bond acceptors (Lipinski definition) is 4. The van der Waals surface area contributed by atoms with Crippen LogP contribution in [0.3, 0.4) is 0 Å². The van der Waals surface area contributed by atoms with Gasteiger partial charge < -0.3 is 14.2 Å². The van der Waals surface area contributed by atoms with Gasteiger partial charge in [-0.3, -0.25) is 4.79 Å². The second-order valence-electron chi connectivity index (χ2n) is 3.69. The molecular weight excluding hydrogens is 220 g/mol. The number of aromatic nitrogens is 2. The first-order valence-corrected chi connectivity index (χ1v) is 5.51. The first kappa shape index (κ1) is 11.4. The van der Waals surface area contributed by atoms with Gasteiger partial charge in [0.25, 0.3) is 0 Å². The third kappa shape index (κ3) is 2.75. The molecule has 0 saturated heterocycles. The van der Waals surface area contributed by atoms with Crippen molar-refractivity contribution in [1.29, 1.82) is 0 Å². The normalized spacial score (nSPS) is 10.6. The second-order valence-corrected chi connectivity index (χ2v) is 3.69. The summed E-state index contributed by atoms with van der Waals surface area (Å²) in [5.41, 5.74) is 1.56. The highest BCUT2D eigenvalue weighted by Gasteiger charge is 2.06. The molecule has 0 aliphatic heterocycles. The topological polar surface area (TPSA) is 63.8 Å². The molecule has 0 amide bonds. The van der Waals surface area contributed by atoms with Crippen LogP contribution in [0.5, 0.6) is 5.75 Å². The van der Waals surface area contributed by atoms with Gasteiger partial charge in [0, 0.05) is 12.6 Å². The van der Waals surface area contributed by atoms with E-state index < -0.39 is 0 Å². The van der Waals surface area contributed by atoms with Crippen molar-refractivity contribution in [2.75, 3.05) is 6.61 Å². The van der Waals surface area contributed by atoms with Crippen LogP contribution >= 0.6 is 0 Å². The number of hydrogen-bond donors (Lipinski definition) is 1. The molecule has 0 fully saturated rings. The van der Waals surface area contributed by atoms with Gasteiger partial charge in [0.2, 0.25) is 0 Å². The number of esters is 1. The molecule has 0 bridgehead atoms. The van der Waals surface area contributed by atoms with E-state index in [-0.39, 0.29) is 11.7 Å². The lowest BCUT2D eigenvalue weighted by Gasteiger charge is -1.98. The average molecular weight is 234 g/mol. The van der Waals surface area contributed by atoms with E-state index in [1.165, 1.54) is 0 Å². The predicted octanol–water partition coefficient (Wildman–Crippen LogP) is 1.54. The summed E-state index contributed by atoms with van der Waals surface area (Å²) in [6.07, 6.45) is 4.25. The number of nitrogens with zero attached hydrogens (tertiary/aromatic N) is 2. The van der Waals surface area contributed by atoms with Gasteiger partial charge in [-0.15, -0.1) is 0 Å². The molecule has 0 saturated carbocycles. The van der Waals surface area contributed by atoms with Crippen LogP contribution in [-0.2, 0) is 16.0 Å². The Labute approximate surface area is 98.7 Å². The van der Waals surface area contributed by atoms with E-state index in [1.807, 2.05) is 0 Å². The lowest BCUT2D eigenvalue weighted by Crippen LogP contribution is -2.05. The van der Waals surface area contributed by atoms with Crippen LogP contribution in [0, 0.1) is 0 Å². The minimum Gasteiger partial charge on any atom is -0.506 e. The molecule has 0 unspecified atom stereocenters. The summed E-state index contributed by atoms with van der Waals surface area (Å²) in [7, 11) is 0. The van der Waals surface area contributed by atoms with Crippen molar-refractivity contribution >= 4 is 11.6 Å². The van der Waals surface area contributed by atoms with Crippen LogP contribution in [0.1, 0.15) is 19.0 Å². The Morgan fingerprint density at radius 1 is 1.47 bits per heavy atom. The van der Waals surface area contributed by atoms with Crippen molar-refractivity contribution in [1.82, 2.24) is 9.38 Å². The number of carbonyl (C=O) groups is 1. The summed E-state index contributed by atoms with van der Waals surface area (Å²) >= 11 is 0. The van der Waals surface area contributed by atoms with E-state index in [2.05, 4.69) is 4.98 Å².